The van der Waals surface area contributed by atoms with Crippen LogP contribution in [0.25, 0.3) is 0 Å². The summed E-state index contributed by atoms with van der Waals surface area (Å²) in [5.74, 6) is -0.673. The first-order chi connectivity index (χ1) is 8.28. The molecule has 1 rings (SSSR count). The second kappa shape index (κ2) is 6.14. The molecule has 0 radical (unpaired) electrons. The highest BCUT2D eigenvalue weighted by atomic mass is 32.1. The van der Waals surface area contributed by atoms with Crippen LogP contribution >= 0.6 is 11.3 Å². The minimum absolute atomic E-state index is 0.409. The van der Waals surface area contributed by atoms with Gasteiger partial charge in [0.05, 0.1) is 11.0 Å². The fourth-order valence-electron chi connectivity index (χ4n) is 1.17. The summed E-state index contributed by atoms with van der Waals surface area (Å²) in [6.07, 6.45) is -2.71. The fourth-order valence-corrected chi connectivity index (χ4v) is 1.92. The van der Waals surface area contributed by atoms with Crippen molar-refractivity contribution in [1.82, 2.24) is 15.6 Å². The molecule has 1 unspecified atom stereocenters. The molecule has 0 saturated carbocycles. The molecular formula is C10H14F3N3OS. The van der Waals surface area contributed by atoms with Gasteiger partial charge in [-0.1, -0.05) is 0 Å². The Morgan fingerprint density at radius 1 is 1.56 bits per heavy atom. The lowest BCUT2D eigenvalue weighted by atomic mass is 10.3. The fraction of sp³-hybridized carbons (Fsp3) is 0.600. The van der Waals surface area contributed by atoms with Crippen LogP contribution in [-0.2, 0) is 11.3 Å². The van der Waals surface area contributed by atoms with Gasteiger partial charge in [0.2, 0.25) is 5.91 Å². The predicted octanol–water partition coefficient (Wildman–Crippen LogP) is 1.61. The molecule has 1 aromatic heterocycles. The summed E-state index contributed by atoms with van der Waals surface area (Å²) in [5, 5.41) is 5.57. The second-order valence-corrected chi connectivity index (χ2v) is 5.10. The zero-order chi connectivity index (χ0) is 13.8. The van der Waals surface area contributed by atoms with Gasteiger partial charge in [0.25, 0.3) is 0 Å². The van der Waals surface area contributed by atoms with Crippen LogP contribution in [0.2, 0.25) is 0 Å². The first-order valence-corrected chi connectivity index (χ1v) is 6.09. The van der Waals surface area contributed by atoms with Crippen molar-refractivity contribution in [2.45, 2.75) is 32.6 Å². The molecule has 0 bridgehead atoms. The van der Waals surface area contributed by atoms with Crippen LogP contribution in [0.1, 0.15) is 16.8 Å². The summed E-state index contributed by atoms with van der Waals surface area (Å²) in [4.78, 5) is 16.3. The number of amides is 1. The number of aryl methyl sites for hydroxylation is 1. The molecule has 18 heavy (non-hydrogen) atoms. The van der Waals surface area contributed by atoms with Gasteiger partial charge in [0.1, 0.15) is 6.54 Å². The first-order valence-electron chi connectivity index (χ1n) is 5.27. The Labute approximate surface area is 107 Å². The second-order valence-electron chi connectivity index (χ2n) is 3.78. The molecule has 102 valence electrons. The van der Waals surface area contributed by atoms with Crippen LogP contribution in [0, 0.1) is 6.92 Å². The van der Waals surface area contributed by atoms with Crippen molar-refractivity contribution < 1.29 is 18.0 Å². The molecule has 1 atom stereocenters. The van der Waals surface area contributed by atoms with Crippen LogP contribution in [0.15, 0.2) is 6.20 Å². The normalized spacial score (nSPS) is 13.4. The monoisotopic (exact) mass is 281 g/mol. The van der Waals surface area contributed by atoms with Crippen molar-refractivity contribution in [3.8, 4) is 0 Å². The number of nitrogens with one attached hydrogen (secondary N) is 2. The number of hydrogen-bond acceptors (Lipinski definition) is 4. The van der Waals surface area contributed by atoms with Gasteiger partial charge < -0.3 is 10.6 Å². The molecule has 8 heteroatoms. The Bertz CT molecular complexity index is 405. The molecule has 0 aliphatic heterocycles. The van der Waals surface area contributed by atoms with E-state index in [1.54, 1.807) is 6.20 Å². The van der Waals surface area contributed by atoms with Crippen LogP contribution in [-0.4, -0.2) is 29.7 Å². The molecule has 1 aromatic rings. The van der Waals surface area contributed by atoms with Gasteiger partial charge in [-0.15, -0.1) is 11.3 Å². The topological polar surface area (TPSA) is 54.0 Å². The number of nitrogens with zero attached hydrogens (tertiary/aromatic N) is 1. The number of thiazole rings is 1. The lowest BCUT2D eigenvalue weighted by molar-refractivity contribution is -0.139. The number of rotatable bonds is 5. The summed E-state index contributed by atoms with van der Waals surface area (Å²) >= 11 is 1.47. The molecule has 1 amide bonds. The number of aromatic nitrogens is 1. The SMILES string of the molecule is Cc1ncc(CNC(C)C(=O)NCC(F)(F)F)s1. The van der Waals surface area contributed by atoms with E-state index in [9.17, 15) is 18.0 Å². The van der Waals surface area contributed by atoms with Crippen LogP contribution in [0.3, 0.4) is 0 Å². The largest absolute Gasteiger partial charge is 0.405 e. The van der Waals surface area contributed by atoms with Crippen LogP contribution in [0.4, 0.5) is 13.2 Å². The predicted molar refractivity (Wildman–Crippen MR) is 62.2 cm³/mol. The van der Waals surface area contributed by atoms with Gasteiger partial charge in [-0.05, 0) is 13.8 Å². The molecule has 0 aliphatic carbocycles. The molecule has 0 aromatic carbocycles. The Balaban J connectivity index is 2.32. The molecule has 0 fully saturated rings. The number of halogens is 3. The number of carbonyl (C=O) groups is 1. The number of carbonyl (C=O) groups excluding carboxylic acids is 1. The van der Waals surface area contributed by atoms with E-state index in [0.717, 1.165) is 9.88 Å². The molecule has 0 spiro atoms. The average Bonchev–Trinajstić information content (AvgIpc) is 2.67. The lowest BCUT2D eigenvalue weighted by Crippen LogP contribution is -2.44. The molecule has 2 N–H and O–H groups in total. The van der Waals surface area contributed by atoms with Gasteiger partial charge in [0.15, 0.2) is 0 Å². The zero-order valence-corrected chi connectivity index (χ0v) is 10.8. The summed E-state index contributed by atoms with van der Waals surface area (Å²) < 4.78 is 35.7. The number of alkyl halides is 3. The van der Waals surface area contributed by atoms with Crippen molar-refractivity contribution in [2.24, 2.45) is 0 Å². The zero-order valence-electron chi connectivity index (χ0n) is 9.97. The van der Waals surface area contributed by atoms with E-state index in [2.05, 4.69) is 10.3 Å². The van der Waals surface area contributed by atoms with Crippen LogP contribution in [0.5, 0.6) is 0 Å². The van der Waals surface area contributed by atoms with E-state index in [4.69, 9.17) is 0 Å². The number of hydrogen-bond donors (Lipinski definition) is 2. The van der Waals surface area contributed by atoms with E-state index in [0.29, 0.717) is 6.54 Å². The van der Waals surface area contributed by atoms with Gasteiger partial charge >= 0.3 is 6.18 Å². The lowest BCUT2D eigenvalue weighted by Gasteiger charge is -2.14. The third-order valence-electron chi connectivity index (χ3n) is 2.11. The summed E-state index contributed by atoms with van der Waals surface area (Å²) in [7, 11) is 0. The molecule has 0 aliphatic rings. The van der Waals surface area contributed by atoms with E-state index in [-0.39, 0.29) is 0 Å². The van der Waals surface area contributed by atoms with Gasteiger partial charge in [0, 0.05) is 17.6 Å². The van der Waals surface area contributed by atoms with E-state index in [1.807, 2.05) is 12.2 Å². The minimum atomic E-state index is -4.38. The van der Waals surface area contributed by atoms with E-state index < -0.39 is 24.7 Å². The maximum absolute atomic E-state index is 11.9. The third kappa shape index (κ3) is 5.46. The third-order valence-corrected chi connectivity index (χ3v) is 3.02. The maximum atomic E-state index is 11.9. The van der Waals surface area contributed by atoms with Crippen LogP contribution < -0.4 is 10.6 Å². The van der Waals surface area contributed by atoms with Gasteiger partial charge in [-0.2, -0.15) is 13.2 Å². The smallest absolute Gasteiger partial charge is 0.346 e. The Morgan fingerprint density at radius 3 is 2.72 bits per heavy atom. The summed E-state index contributed by atoms with van der Waals surface area (Å²) in [6, 6.07) is -0.685. The molecule has 4 nitrogen and oxygen atoms in total. The Kier molecular flexibility index (Phi) is 5.09. The molecule has 1 heterocycles. The summed E-state index contributed by atoms with van der Waals surface area (Å²) in [6.45, 7) is 2.47. The van der Waals surface area contributed by atoms with Gasteiger partial charge in [-0.25, -0.2) is 4.98 Å². The van der Waals surface area contributed by atoms with Crippen molar-refractivity contribution in [1.29, 1.82) is 0 Å². The maximum Gasteiger partial charge on any atom is 0.405 e. The van der Waals surface area contributed by atoms with Crippen molar-refractivity contribution in [3.63, 3.8) is 0 Å². The minimum Gasteiger partial charge on any atom is -0.346 e. The van der Waals surface area contributed by atoms with E-state index >= 15 is 0 Å². The Morgan fingerprint density at radius 2 is 2.22 bits per heavy atom. The quantitative estimate of drug-likeness (QED) is 0.862. The highest BCUT2D eigenvalue weighted by Crippen LogP contribution is 2.12. The van der Waals surface area contributed by atoms with Crippen molar-refractivity contribution in [3.05, 3.63) is 16.1 Å². The average molecular weight is 281 g/mol. The molecule has 0 saturated heterocycles. The van der Waals surface area contributed by atoms with Gasteiger partial charge in [-0.3, -0.25) is 4.79 Å². The Hall–Kier alpha value is -1.15. The standard InChI is InChI=1S/C10H14F3N3OS/c1-6(9(17)16-5-10(11,12)13)14-3-8-4-15-7(2)18-8/h4,6,14H,3,5H2,1-2H3,(H,16,17). The van der Waals surface area contributed by atoms with E-state index in [1.165, 1.54) is 18.3 Å². The highest BCUT2D eigenvalue weighted by molar-refractivity contribution is 7.11. The molecular weight excluding hydrogens is 267 g/mol. The summed E-state index contributed by atoms with van der Waals surface area (Å²) in [5.41, 5.74) is 0. The highest BCUT2D eigenvalue weighted by Gasteiger charge is 2.28. The van der Waals surface area contributed by atoms with Crippen molar-refractivity contribution in [2.75, 3.05) is 6.54 Å². The first kappa shape index (κ1) is 14.9. The van der Waals surface area contributed by atoms with Crippen molar-refractivity contribution >= 4 is 17.2 Å².